The van der Waals surface area contributed by atoms with Gasteiger partial charge in [-0.2, -0.15) is 0 Å². The number of halogens is 1. The van der Waals surface area contributed by atoms with Crippen molar-refractivity contribution in [3.05, 3.63) is 58.9 Å². The van der Waals surface area contributed by atoms with E-state index in [1.165, 1.54) is 0 Å². The van der Waals surface area contributed by atoms with Crippen LogP contribution in [0.15, 0.2) is 42.7 Å². The van der Waals surface area contributed by atoms with Crippen LogP contribution in [0.4, 0.5) is 5.69 Å². The zero-order chi connectivity index (χ0) is 17.5. The summed E-state index contributed by atoms with van der Waals surface area (Å²) in [6.45, 7) is 2.40. The maximum Gasteiger partial charge on any atom is 0.233 e. The predicted octanol–water partition coefficient (Wildman–Crippen LogP) is 3.07. The van der Waals surface area contributed by atoms with Crippen molar-refractivity contribution in [2.24, 2.45) is 0 Å². The maximum atomic E-state index is 12.1. The Morgan fingerprint density at radius 2 is 1.92 bits per heavy atom. The third-order valence-electron chi connectivity index (χ3n) is 3.69. The van der Waals surface area contributed by atoms with E-state index in [1.807, 2.05) is 19.1 Å². The van der Waals surface area contributed by atoms with E-state index in [0.29, 0.717) is 17.3 Å². The quantitative estimate of drug-likeness (QED) is 0.818. The maximum absolute atomic E-state index is 12.1. The Kier molecular flexibility index (Phi) is 6.32. The number of nitrogens with zero attached hydrogens (tertiary/aromatic N) is 2. The van der Waals surface area contributed by atoms with E-state index < -0.39 is 0 Å². The average molecular weight is 346 g/mol. The van der Waals surface area contributed by atoms with Gasteiger partial charge in [0.05, 0.1) is 0 Å². The lowest BCUT2D eigenvalue weighted by atomic mass is 10.2. The summed E-state index contributed by atoms with van der Waals surface area (Å²) in [6.07, 6.45) is 3.98. The van der Waals surface area contributed by atoms with Gasteiger partial charge in [-0.3, -0.25) is 14.6 Å². The molecular formula is C18H20ClN3O2. The van der Waals surface area contributed by atoms with Crippen LogP contribution < -0.4 is 5.32 Å². The average Bonchev–Trinajstić information content (AvgIpc) is 2.56. The van der Waals surface area contributed by atoms with Gasteiger partial charge in [0.15, 0.2) is 0 Å². The highest BCUT2D eigenvalue weighted by atomic mass is 35.5. The fourth-order valence-corrected chi connectivity index (χ4v) is 2.43. The molecule has 0 spiro atoms. The first-order chi connectivity index (χ1) is 11.5. The van der Waals surface area contributed by atoms with Crippen LogP contribution in [-0.4, -0.2) is 35.3 Å². The van der Waals surface area contributed by atoms with Crippen molar-refractivity contribution in [3.63, 3.8) is 0 Å². The molecule has 1 N–H and O–H groups in total. The lowest BCUT2D eigenvalue weighted by Crippen LogP contribution is -2.32. The summed E-state index contributed by atoms with van der Waals surface area (Å²) in [5.74, 6) is -0.547. The molecule has 2 amide bonds. The zero-order valence-corrected chi connectivity index (χ0v) is 14.5. The summed E-state index contributed by atoms with van der Waals surface area (Å²) in [5.41, 5.74) is 2.62. The van der Waals surface area contributed by atoms with Gasteiger partial charge >= 0.3 is 0 Å². The zero-order valence-electron chi connectivity index (χ0n) is 13.8. The number of rotatable bonds is 6. The molecule has 2 rings (SSSR count). The van der Waals surface area contributed by atoms with Crippen LogP contribution in [0.5, 0.6) is 0 Å². The minimum absolute atomic E-state index is 0.186. The molecule has 1 heterocycles. The fraction of sp³-hybridized carbons (Fsp3) is 0.278. The second-order valence-electron chi connectivity index (χ2n) is 5.60. The number of likely N-dealkylation sites (N-methyl/N-ethyl adjacent to an activating group) is 1. The van der Waals surface area contributed by atoms with Crippen LogP contribution in [0.3, 0.4) is 0 Å². The molecule has 1 aromatic heterocycles. The topological polar surface area (TPSA) is 62.3 Å². The number of carbonyl (C=O) groups is 2. The first-order valence-corrected chi connectivity index (χ1v) is 8.02. The number of hydrogen-bond donors (Lipinski definition) is 1. The van der Waals surface area contributed by atoms with Crippen LogP contribution in [0.25, 0.3) is 0 Å². The predicted molar refractivity (Wildman–Crippen MR) is 95.0 cm³/mol. The van der Waals surface area contributed by atoms with Crippen LogP contribution in [-0.2, 0) is 16.0 Å². The molecule has 1 aromatic carbocycles. The van der Waals surface area contributed by atoms with Crippen molar-refractivity contribution in [2.45, 2.75) is 19.8 Å². The number of anilines is 1. The van der Waals surface area contributed by atoms with Gasteiger partial charge in [0.2, 0.25) is 11.8 Å². The first-order valence-electron chi connectivity index (χ1n) is 7.64. The molecule has 0 aliphatic carbocycles. The number of carbonyl (C=O) groups excluding carboxylic acids is 2. The SMILES string of the molecule is Cc1cc(Cl)ccc1NC(=O)CC(=O)N(C)CCc1ccncc1. The van der Waals surface area contributed by atoms with Gasteiger partial charge in [-0.1, -0.05) is 11.6 Å². The van der Waals surface area contributed by atoms with Crippen LogP contribution in [0.2, 0.25) is 5.02 Å². The van der Waals surface area contributed by atoms with E-state index in [-0.39, 0.29) is 18.2 Å². The minimum atomic E-state index is -0.332. The van der Waals surface area contributed by atoms with Crippen LogP contribution >= 0.6 is 11.6 Å². The van der Waals surface area contributed by atoms with Crippen LogP contribution in [0, 0.1) is 6.92 Å². The van der Waals surface area contributed by atoms with E-state index in [1.54, 1.807) is 42.5 Å². The van der Waals surface area contributed by atoms with Crippen molar-refractivity contribution in [1.82, 2.24) is 9.88 Å². The molecule has 126 valence electrons. The molecule has 0 saturated carbocycles. The number of amides is 2. The Labute approximate surface area is 146 Å². The van der Waals surface area contributed by atoms with E-state index >= 15 is 0 Å². The molecule has 0 atom stereocenters. The second-order valence-corrected chi connectivity index (χ2v) is 6.04. The highest BCUT2D eigenvalue weighted by Crippen LogP contribution is 2.19. The molecule has 0 aliphatic heterocycles. The number of pyridine rings is 1. The molecule has 6 heteroatoms. The summed E-state index contributed by atoms with van der Waals surface area (Å²) in [7, 11) is 1.70. The standard InChI is InChI=1S/C18H20ClN3O2/c1-13-11-15(19)3-4-16(13)21-17(23)12-18(24)22(2)10-7-14-5-8-20-9-6-14/h3-6,8-9,11H,7,10,12H2,1-2H3,(H,21,23). The van der Waals surface area contributed by atoms with Gasteiger partial charge in [-0.15, -0.1) is 0 Å². The van der Waals surface area contributed by atoms with Gasteiger partial charge < -0.3 is 10.2 Å². The Hall–Kier alpha value is -2.40. The van der Waals surface area contributed by atoms with Crippen molar-refractivity contribution in [3.8, 4) is 0 Å². The van der Waals surface area contributed by atoms with Crippen molar-refractivity contribution in [2.75, 3.05) is 18.9 Å². The summed E-state index contributed by atoms with van der Waals surface area (Å²) in [4.78, 5) is 29.7. The van der Waals surface area contributed by atoms with Crippen LogP contribution in [0.1, 0.15) is 17.5 Å². The minimum Gasteiger partial charge on any atom is -0.345 e. The van der Waals surface area contributed by atoms with Gasteiger partial charge in [-0.25, -0.2) is 0 Å². The van der Waals surface area contributed by atoms with E-state index in [2.05, 4.69) is 10.3 Å². The van der Waals surface area contributed by atoms with E-state index in [0.717, 1.165) is 17.5 Å². The highest BCUT2D eigenvalue weighted by molar-refractivity contribution is 6.30. The Morgan fingerprint density at radius 3 is 2.58 bits per heavy atom. The van der Waals surface area contributed by atoms with Gasteiger partial charge in [0.1, 0.15) is 6.42 Å². The van der Waals surface area contributed by atoms with Gasteiger partial charge in [0.25, 0.3) is 0 Å². The van der Waals surface area contributed by atoms with E-state index in [4.69, 9.17) is 11.6 Å². The fourth-order valence-electron chi connectivity index (χ4n) is 2.21. The van der Waals surface area contributed by atoms with Crippen molar-refractivity contribution in [1.29, 1.82) is 0 Å². The molecule has 0 unspecified atom stereocenters. The lowest BCUT2D eigenvalue weighted by molar-refractivity contribution is -0.133. The van der Waals surface area contributed by atoms with Gasteiger partial charge in [0, 0.05) is 36.7 Å². The summed E-state index contributed by atoms with van der Waals surface area (Å²) >= 11 is 5.89. The highest BCUT2D eigenvalue weighted by Gasteiger charge is 2.14. The largest absolute Gasteiger partial charge is 0.345 e. The monoisotopic (exact) mass is 345 g/mol. The molecule has 0 bridgehead atoms. The first kappa shape index (κ1) is 17.9. The number of aryl methyl sites for hydroxylation is 1. The number of benzene rings is 1. The molecule has 0 fully saturated rings. The van der Waals surface area contributed by atoms with Crippen molar-refractivity contribution >= 4 is 29.1 Å². The number of hydrogen-bond acceptors (Lipinski definition) is 3. The molecule has 0 saturated heterocycles. The molecule has 0 radical (unpaired) electrons. The third-order valence-corrected chi connectivity index (χ3v) is 3.92. The smallest absolute Gasteiger partial charge is 0.233 e. The molecule has 5 nitrogen and oxygen atoms in total. The number of nitrogens with one attached hydrogen (secondary N) is 1. The van der Waals surface area contributed by atoms with E-state index in [9.17, 15) is 9.59 Å². The summed E-state index contributed by atoms with van der Waals surface area (Å²) < 4.78 is 0. The molecule has 0 aliphatic rings. The summed E-state index contributed by atoms with van der Waals surface area (Å²) in [6, 6.07) is 9.02. The third kappa shape index (κ3) is 5.35. The molecular weight excluding hydrogens is 326 g/mol. The number of aromatic nitrogens is 1. The lowest BCUT2D eigenvalue weighted by Gasteiger charge is -2.17. The summed E-state index contributed by atoms with van der Waals surface area (Å²) in [5, 5.41) is 3.35. The van der Waals surface area contributed by atoms with Gasteiger partial charge in [-0.05, 0) is 54.8 Å². The molecule has 2 aromatic rings. The second kappa shape index (κ2) is 8.45. The normalized spacial score (nSPS) is 10.3. The Balaban J connectivity index is 1.83. The molecule has 24 heavy (non-hydrogen) atoms. The Bertz CT molecular complexity index is 719. The van der Waals surface area contributed by atoms with Crippen molar-refractivity contribution < 1.29 is 9.59 Å². The Morgan fingerprint density at radius 1 is 1.21 bits per heavy atom.